The van der Waals surface area contributed by atoms with Gasteiger partial charge in [-0.15, -0.1) is 10.2 Å². The summed E-state index contributed by atoms with van der Waals surface area (Å²) in [5.41, 5.74) is 1.35. The molecular formula is C15H15N7O. The summed E-state index contributed by atoms with van der Waals surface area (Å²) in [4.78, 5) is 22.7. The van der Waals surface area contributed by atoms with Gasteiger partial charge in [-0.3, -0.25) is 14.2 Å². The molecule has 1 aliphatic heterocycles. The van der Waals surface area contributed by atoms with Gasteiger partial charge in [0.05, 0.1) is 0 Å². The number of anilines is 1. The van der Waals surface area contributed by atoms with Gasteiger partial charge in [0, 0.05) is 49.5 Å². The van der Waals surface area contributed by atoms with Crippen LogP contribution >= 0.6 is 0 Å². The standard InChI is InChI=1S/C15H15N7O/c23-15(11-1-4-16-5-2-11)19-12-3-7-21(9-12)13-14-20-18-10-22(14)8-6-17-13/h1-2,4-6,8,10,12H,3,7,9H2,(H,19,23). The van der Waals surface area contributed by atoms with Crippen molar-refractivity contribution in [3.63, 3.8) is 0 Å². The molecule has 0 saturated carbocycles. The molecule has 0 aromatic carbocycles. The summed E-state index contributed by atoms with van der Waals surface area (Å²) in [7, 11) is 0. The number of hydrogen-bond donors (Lipinski definition) is 1. The van der Waals surface area contributed by atoms with Gasteiger partial charge in [-0.25, -0.2) is 4.98 Å². The molecule has 4 heterocycles. The average molecular weight is 309 g/mol. The van der Waals surface area contributed by atoms with Gasteiger partial charge in [-0.1, -0.05) is 0 Å². The van der Waals surface area contributed by atoms with Crippen LogP contribution in [0.3, 0.4) is 0 Å². The molecule has 3 aromatic rings. The van der Waals surface area contributed by atoms with Gasteiger partial charge < -0.3 is 10.2 Å². The van der Waals surface area contributed by atoms with Crippen molar-refractivity contribution < 1.29 is 4.79 Å². The molecule has 8 nitrogen and oxygen atoms in total. The van der Waals surface area contributed by atoms with Crippen LogP contribution in [0.4, 0.5) is 5.82 Å². The summed E-state index contributed by atoms with van der Waals surface area (Å²) < 4.78 is 1.84. The van der Waals surface area contributed by atoms with Gasteiger partial charge >= 0.3 is 0 Å². The summed E-state index contributed by atoms with van der Waals surface area (Å²) in [5, 5.41) is 11.1. The molecule has 1 aliphatic rings. The molecule has 1 fully saturated rings. The molecule has 0 radical (unpaired) electrons. The van der Waals surface area contributed by atoms with Crippen LogP contribution in [0, 0.1) is 0 Å². The summed E-state index contributed by atoms with van der Waals surface area (Å²) in [6, 6.07) is 3.50. The lowest BCUT2D eigenvalue weighted by Gasteiger charge is -2.18. The van der Waals surface area contributed by atoms with Crippen LogP contribution in [0.15, 0.2) is 43.2 Å². The van der Waals surface area contributed by atoms with E-state index < -0.39 is 0 Å². The molecule has 8 heteroatoms. The first kappa shape index (κ1) is 13.6. The van der Waals surface area contributed by atoms with Crippen molar-refractivity contribution in [1.82, 2.24) is 29.9 Å². The SMILES string of the molecule is O=C(NC1CCN(c2nccn3cnnc23)C1)c1ccncc1. The predicted octanol–water partition coefficient (Wildman–Crippen LogP) is 0.528. The normalized spacial score (nSPS) is 17.6. The summed E-state index contributed by atoms with van der Waals surface area (Å²) >= 11 is 0. The molecule has 0 aliphatic carbocycles. The number of fused-ring (bicyclic) bond motifs is 1. The van der Waals surface area contributed by atoms with Crippen LogP contribution in [0.25, 0.3) is 5.65 Å². The minimum Gasteiger partial charge on any atom is -0.351 e. The fourth-order valence-electron chi connectivity index (χ4n) is 2.81. The largest absolute Gasteiger partial charge is 0.351 e. The molecule has 1 atom stereocenters. The van der Waals surface area contributed by atoms with Gasteiger partial charge in [-0.2, -0.15) is 0 Å². The molecule has 3 aromatic heterocycles. The predicted molar refractivity (Wildman–Crippen MR) is 83.1 cm³/mol. The number of amides is 1. The fourth-order valence-corrected chi connectivity index (χ4v) is 2.81. The van der Waals surface area contributed by atoms with Crippen molar-refractivity contribution in [1.29, 1.82) is 0 Å². The van der Waals surface area contributed by atoms with Gasteiger partial charge in [0.15, 0.2) is 5.82 Å². The summed E-state index contributed by atoms with van der Waals surface area (Å²) in [5.74, 6) is 0.721. The van der Waals surface area contributed by atoms with Crippen molar-refractivity contribution >= 4 is 17.4 Å². The lowest BCUT2D eigenvalue weighted by Crippen LogP contribution is -2.37. The van der Waals surface area contributed by atoms with E-state index in [0.717, 1.165) is 24.4 Å². The minimum absolute atomic E-state index is 0.0760. The zero-order chi connectivity index (χ0) is 15.6. The Hall–Kier alpha value is -3.03. The number of carbonyl (C=O) groups excluding carboxylic acids is 1. The Balaban J connectivity index is 1.47. The molecule has 1 amide bonds. The molecule has 1 unspecified atom stereocenters. The van der Waals surface area contributed by atoms with Crippen molar-refractivity contribution in [2.45, 2.75) is 12.5 Å². The second-order valence-electron chi connectivity index (χ2n) is 5.45. The second kappa shape index (κ2) is 5.64. The number of nitrogens with one attached hydrogen (secondary N) is 1. The van der Waals surface area contributed by atoms with Crippen molar-refractivity contribution in [2.24, 2.45) is 0 Å². The van der Waals surface area contributed by atoms with Gasteiger partial charge in [0.1, 0.15) is 6.33 Å². The van der Waals surface area contributed by atoms with Crippen LogP contribution in [0.2, 0.25) is 0 Å². The van der Waals surface area contributed by atoms with Crippen LogP contribution in [-0.4, -0.2) is 49.6 Å². The van der Waals surface area contributed by atoms with E-state index in [1.165, 1.54) is 0 Å². The first-order valence-electron chi connectivity index (χ1n) is 7.41. The highest BCUT2D eigenvalue weighted by Gasteiger charge is 2.26. The molecule has 1 saturated heterocycles. The Morgan fingerprint density at radius 3 is 3.00 bits per heavy atom. The molecule has 23 heavy (non-hydrogen) atoms. The van der Waals surface area contributed by atoms with Crippen LogP contribution < -0.4 is 10.2 Å². The first-order chi connectivity index (χ1) is 11.3. The quantitative estimate of drug-likeness (QED) is 0.759. The summed E-state index contributed by atoms with van der Waals surface area (Å²) in [6.45, 7) is 1.52. The molecular weight excluding hydrogens is 294 g/mol. The zero-order valence-corrected chi connectivity index (χ0v) is 12.3. The van der Waals surface area contributed by atoms with E-state index in [1.807, 2.05) is 10.6 Å². The number of rotatable bonds is 3. The minimum atomic E-state index is -0.0760. The third-order valence-corrected chi connectivity index (χ3v) is 3.96. The molecule has 0 spiro atoms. The van der Waals surface area contributed by atoms with E-state index in [4.69, 9.17) is 0 Å². The molecule has 1 N–H and O–H groups in total. The molecule has 0 bridgehead atoms. The number of pyridine rings is 1. The smallest absolute Gasteiger partial charge is 0.251 e. The molecule has 4 rings (SSSR count). The van der Waals surface area contributed by atoms with Crippen molar-refractivity contribution in [2.75, 3.05) is 18.0 Å². The van der Waals surface area contributed by atoms with E-state index in [9.17, 15) is 4.79 Å². The Morgan fingerprint density at radius 1 is 1.26 bits per heavy atom. The Bertz CT molecular complexity index is 832. The first-order valence-corrected chi connectivity index (χ1v) is 7.41. The maximum absolute atomic E-state index is 12.2. The van der Waals surface area contributed by atoms with E-state index in [2.05, 4.69) is 30.4 Å². The third-order valence-electron chi connectivity index (χ3n) is 3.96. The van der Waals surface area contributed by atoms with Crippen LogP contribution in [0.5, 0.6) is 0 Å². The van der Waals surface area contributed by atoms with Gasteiger partial charge in [-0.05, 0) is 18.6 Å². The Morgan fingerprint density at radius 2 is 2.13 bits per heavy atom. The fraction of sp³-hybridized carbons (Fsp3) is 0.267. The average Bonchev–Trinajstić information content (AvgIpc) is 3.24. The van der Waals surface area contributed by atoms with Gasteiger partial charge in [0.25, 0.3) is 5.91 Å². The number of nitrogens with zero attached hydrogens (tertiary/aromatic N) is 6. The van der Waals surface area contributed by atoms with E-state index >= 15 is 0 Å². The Kier molecular flexibility index (Phi) is 3.34. The number of hydrogen-bond acceptors (Lipinski definition) is 6. The van der Waals surface area contributed by atoms with Crippen molar-refractivity contribution in [3.8, 4) is 0 Å². The number of carbonyl (C=O) groups is 1. The van der Waals surface area contributed by atoms with Crippen LogP contribution in [0.1, 0.15) is 16.8 Å². The summed E-state index contributed by atoms with van der Waals surface area (Å²) in [6.07, 6.45) is 9.30. The second-order valence-corrected chi connectivity index (χ2v) is 5.45. The lowest BCUT2D eigenvalue weighted by atomic mass is 10.2. The van der Waals surface area contributed by atoms with Gasteiger partial charge in [0.2, 0.25) is 5.65 Å². The lowest BCUT2D eigenvalue weighted by molar-refractivity contribution is 0.0940. The van der Waals surface area contributed by atoms with E-state index in [1.54, 1.807) is 37.1 Å². The highest BCUT2D eigenvalue weighted by molar-refractivity contribution is 5.94. The topological polar surface area (TPSA) is 88.3 Å². The van der Waals surface area contributed by atoms with E-state index in [-0.39, 0.29) is 11.9 Å². The van der Waals surface area contributed by atoms with Crippen LogP contribution in [-0.2, 0) is 0 Å². The molecule has 116 valence electrons. The monoisotopic (exact) mass is 309 g/mol. The van der Waals surface area contributed by atoms with Crippen molar-refractivity contribution in [3.05, 3.63) is 48.8 Å². The third kappa shape index (κ3) is 2.59. The highest BCUT2D eigenvalue weighted by Crippen LogP contribution is 2.21. The maximum Gasteiger partial charge on any atom is 0.251 e. The Labute approximate surface area is 132 Å². The highest BCUT2D eigenvalue weighted by atomic mass is 16.1. The maximum atomic E-state index is 12.2. The van der Waals surface area contributed by atoms with E-state index in [0.29, 0.717) is 12.1 Å². The number of aromatic nitrogens is 5. The zero-order valence-electron chi connectivity index (χ0n) is 12.3.